The molecule has 0 aliphatic rings. The number of rotatable bonds is 3. The van der Waals surface area contributed by atoms with Crippen molar-refractivity contribution in [1.29, 1.82) is 0 Å². The Morgan fingerprint density at radius 3 is 2.63 bits per heavy atom. The van der Waals surface area contributed by atoms with Crippen LogP contribution in [0.2, 0.25) is 0 Å². The van der Waals surface area contributed by atoms with Crippen LogP contribution in [0.25, 0.3) is 0 Å². The van der Waals surface area contributed by atoms with Crippen LogP contribution in [-0.4, -0.2) is 21.1 Å². The van der Waals surface area contributed by atoms with Gasteiger partial charge in [0.25, 0.3) is 5.91 Å². The summed E-state index contributed by atoms with van der Waals surface area (Å²) >= 11 is 0. The van der Waals surface area contributed by atoms with Gasteiger partial charge in [-0.25, -0.2) is 4.98 Å². The summed E-state index contributed by atoms with van der Waals surface area (Å²) in [5, 5.41) is 10.2. The Kier molecular flexibility index (Phi) is 3.28. The van der Waals surface area contributed by atoms with E-state index >= 15 is 0 Å². The van der Waals surface area contributed by atoms with E-state index in [1.165, 1.54) is 6.07 Å². The Morgan fingerprint density at radius 2 is 2.00 bits per heavy atom. The lowest BCUT2D eigenvalue weighted by Crippen LogP contribution is -2.17. The standard InChI is InChI=1S/C12H14N6O/c1-6-3-4-10(15-7(6)2)16-8-5-9(13)17-18-11(8)12(14)19/h3-5H,1-2H3,(H2,14,19)(H3,13,15,16,17). The predicted molar refractivity (Wildman–Crippen MR) is 72.0 cm³/mol. The number of pyridine rings is 1. The smallest absolute Gasteiger partial charge is 0.271 e. The molecule has 7 nitrogen and oxygen atoms in total. The highest BCUT2D eigenvalue weighted by Gasteiger charge is 2.12. The molecule has 7 heteroatoms. The molecule has 2 rings (SSSR count). The molecule has 0 aliphatic heterocycles. The van der Waals surface area contributed by atoms with Crippen LogP contribution in [0.1, 0.15) is 21.7 Å². The largest absolute Gasteiger partial charge is 0.382 e. The van der Waals surface area contributed by atoms with Crippen molar-refractivity contribution >= 4 is 23.2 Å². The Balaban J connectivity index is 2.39. The number of anilines is 3. The molecule has 0 aromatic carbocycles. The zero-order valence-corrected chi connectivity index (χ0v) is 10.6. The van der Waals surface area contributed by atoms with Crippen molar-refractivity contribution in [2.45, 2.75) is 13.8 Å². The van der Waals surface area contributed by atoms with E-state index in [-0.39, 0.29) is 11.5 Å². The van der Waals surface area contributed by atoms with Crippen molar-refractivity contribution in [3.05, 3.63) is 35.2 Å². The van der Waals surface area contributed by atoms with Crippen LogP contribution >= 0.6 is 0 Å². The van der Waals surface area contributed by atoms with Gasteiger partial charge in [0.2, 0.25) is 0 Å². The number of nitrogens with one attached hydrogen (secondary N) is 1. The number of hydrogen-bond donors (Lipinski definition) is 3. The van der Waals surface area contributed by atoms with Crippen LogP contribution in [0, 0.1) is 13.8 Å². The summed E-state index contributed by atoms with van der Waals surface area (Å²) in [5.74, 6) is 0.0909. The normalized spacial score (nSPS) is 10.2. The van der Waals surface area contributed by atoms with Crippen molar-refractivity contribution in [2.75, 3.05) is 11.1 Å². The zero-order chi connectivity index (χ0) is 14.0. The minimum Gasteiger partial charge on any atom is -0.382 e. The summed E-state index contributed by atoms with van der Waals surface area (Å²) in [6.07, 6.45) is 0. The zero-order valence-electron chi connectivity index (χ0n) is 10.6. The Labute approximate surface area is 110 Å². The van der Waals surface area contributed by atoms with E-state index < -0.39 is 5.91 Å². The van der Waals surface area contributed by atoms with Gasteiger partial charge in [-0.05, 0) is 25.5 Å². The van der Waals surface area contributed by atoms with Crippen molar-refractivity contribution < 1.29 is 4.79 Å². The molecular formula is C12H14N6O. The van der Waals surface area contributed by atoms with E-state index in [0.29, 0.717) is 11.5 Å². The van der Waals surface area contributed by atoms with E-state index in [1.54, 1.807) is 6.07 Å². The summed E-state index contributed by atoms with van der Waals surface area (Å²) in [6, 6.07) is 5.21. The van der Waals surface area contributed by atoms with E-state index in [0.717, 1.165) is 11.3 Å². The maximum atomic E-state index is 11.3. The number of nitrogen functional groups attached to an aromatic ring is 1. The van der Waals surface area contributed by atoms with Gasteiger partial charge in [-0.15, -0.1) is 10.2 Å². The Bertz CT molecular complexity index is 640. The first-order valence-corrected chi connectivity index (χ1v) is 5.61. The van der Waals surface area contributed by atoms with Gasteiger partial charge in [0.1, 0.15) is 11.6 Å². The number of nitrogens with zero attached hydrogens (tertiary/aromatic N) is 3. The van der Waals surface area contributed by atoms with Crippen LogP contribution < -0.4 is 16.8 Å². The summed E-state index contributed by atoms with van der Waals surface area (Å²) in [4.78, 5) is 15.6. The minimum absolute atomic E-state index is 0.0224. The summed E-state index contributed by atoms with van der Waals surface area (Å²) < 4.78 is 0. The fourth-order valence-electron chi connectivity index (χ4n) is 1.52. The Hall–Kier alpha value is -2.70. The second kappa shape index (κ2) is 4.89. The fourth-order valence-corrected chi connectivity index (χ4v) is 1.52. The highest BCUT2D eigenvalue weighted by atomic mass is 16.1. The molecule has 0 atom stereocenters. The van der Waals surface area contributed by atoms with Gasteiger partial charge >= 0.3 is 0 Å². The maximum Gasteiger partial charge on any atom is 0.271 e. The summed E-state index contributed by atoms with van der Waals surface area (Å²) in [7, 11) is 0. The molecule has 1 amide bonds. The summed E-state index contributed by atoms with van der Waals surface area (Å²) in [6.45, 7) is 3.86. The maximum absolute atomic E-state index is 11.3. The first-order chi connectivity index (χ1) is 8.97. The van der Waals surface area contributed by atoms with Gasteiger partial charge in [-0.1, -0.05) is 6.07 Å². The van der Waals surface area contributed by atoms with Crippen LogP contribution in [0.4, 0.5) is 17.3 Å². The predicted octanol–water partition coefficient (Wildman–Crippen LogP) is 0.913. The van der Waals surface area contributed by atoms with Gasteiger partial charge in [-0.3, -0.25) is 4.79 Å². The molecule has 0 fully saturated rings. The number of carbonyl (C=O) groups excluding carboxylic acids is 1. The minimum atomic E-state index is -0.682. The second-order valence-corrected chi connectivity index (χ2v) is 4.12. The van der Waals surface area contributed by atoms with Gasteiger partial charge in [0.05, 0.1) is 5.69 Å². The summed E-state index contributed by atoms with van der Waals surface area (Å²) in [5.41, 5.74) is 13.2. The second-order valence-electron chi connectivity index (χ2n) is 4.12. The third-order valence-corrected chi connectivity index (χ3v) is 2.66. The first kappa shape index (κ1) is 12.7. The molecule has 0 aliphatic carbocycles. The highest BCUT2D eigenvalue weighted by molar-refractivity contribution is 5.97. The van der Waals surface area contributed by atoms with Gasteiger partial charge in [0, 0.05) is 11.8 Å². The highest BCUT2D eigenvalue weighted by Crippen LogP contribution is 2.20. The molecule has 0 saturated carbocycles. The third-order valence-electron chi connectivity index (χ3n) is 2.66. The quantitative estimate of drug-likeness (QED) is 0.752. The van der Waals surface area contributed by atoms with E-state index in [4.69, 9.17) is 11.5 Å². The number of primary amides is 1. The van der Waals surface area contributed by atoms with Crippen molar-refractivity contribution in [3.8, 4) is 0 Å². The molecule has 0 radical (unpaired) electrons. The third kappa shape index (κ3) is 2.76. The van der Waals surface area contributed by atoms with Crippen LogP contribution in [0.15, 0.2) is 18.2 Å². The topological polar surface area (TPSA) is 120 Å². The molecule has 2 aromatic rings. The Morgan fingerprint density at radius 1 is 1.26 bits per heavy atom. The van der Waals surface area contributed by atoms with Gasteiger partial charge in [-0.2, -0.15) is 0 Å². The lowest BCUT2D eigenvalue weighted by molar-refractivity contribution is 0.0995. The molecule has 0 spiro atoms. The fraction of sp³-hybridized carbons (Fsp3) is 0.167. The molecule has 2 heterocycles. The van der Waals surface area contributed by atoms with Gasteiger partial charge < -0.3 is 16.8 Å². The molecule has 0 bridgehead atoms. The monoisotopic (exact) mass is 258 g/mol. The molecule has 19 heavy (non-hydrogen) atoms. The first-order valence-electron chi connectivity index (χ1n) is 5.61. The van der Waals surface area contributed by atoms with Crippen LogP contribution in [0.5, 0.6) is 0 Å². The lowest BCUT2D eigenvalue weighted by atomic mass is 10.2. The molecular weight excluding hydrogens is 244 g/mol. The number of nitrogens with two attached hydrogens (primary N) is 2. The molecule has 2 aromatic heterocycles. The van der Waals surface area contributed by atoms with Gasteiger partial charge in [0.15, 0.2) is 5.69 Å². The lowest BCUT2D eigenvalue weighted by Gasteiger charge is -2.10. The number of aromatic nitrogens is 3. The van der Waals surface area contributed by atoms with E-state index in [9.17, 15) is 4.79 Å². The number of aryl methyl sites for hydroxylation is 2. The average Bonchev–Trinajstić information content (AvgIpc) is 2.33. The molecule has 0 saturated heterocycles. The molecule has 5 N–H and O–H groups in total. The molecule has 0 unspecified atom stereocenters. The number of carbonyl (C=O) groups is 1. The molecule has 98 valence electrons. The number of hydrogen-bond acceptors (Lipinski definition) is 6. The van der Waals surface area contributed by atoms with Crippen LogP contribution in [0.3, 0.4) is 0 Å². The van der Waals surface area contributed by atoms with Crippen molar-refractivity contribution in [3.63, 3.8) is 0 Å². The average molecular weight is 258 g/mol. The van der Waals surface area contributed by atoms with Crippen molar-refractivity contribution in [2.24, 2.45) is 5.73 Å². The number of amides is 1. The van der Waals surface area contributed by atoms with Crippen molar-refractivity contribution in [1.82, 2.24) is 15.2 Å². The van der Waals surface area contributed by atoms with E-state index in [1.807, 2.05) is 19.9 Å². The van der Waals surface area contributed by atoms with Crippen LogP contribution in [-0.2, 0) is 0 Å². The SMILES string of the molecule is Cc1ccc(Nc2cc(N)nnc2C(N)=O)nc1C. The van der Waals surface area contributed by atoms with E-state index in [2.05, 4.69) is 20.5 Å².